The molecular weight excluding hydrogens is 246 g/mol. The molecule has 18 heavy (non-hydrogen) atoms. The van der Waals surface area contributed by atoms with Gasteiger partial charge in [-0.2, -0.15) is 5.10 Å². The first-order valence-corrected chi connectivity index (χ1v) is 7.46. The normalized spacial score (nSPS) is 12.9. The van der Waals surface area contributed by atoms with E-state index >= 15 is 0 Å². The Bertz CT molecular complexity index is 360. The zero-order chi connectivity index (χ0) is 13.5. The van der Waals surface area contributed by atoms with Crippen LogP contribution in [0, 0.1) is 5.92 Å². The maximum Gasteiger partial charge on any atom is 0.0849 e. The minimum Gasteiger partial charge on any atom is -0.317 e. The molecule has 1 atom stereocenters. The topological polar surface area (TPSA) is 29.9 Å². The van der Waals surface area contributed by atoms with Crippen LogP contribution in [-0.4, -0.2) is 22.9 Å². The van der Waals surface area contributed by atoms with Gasteiger partial charge in [-0.25, -0.2) is 0 Å². The molecule has 0 aliphatic carbocycles. The first-order chi connectivity index (χ1) is 8.63. The third-order valence-electron chi connectivity index (χ3n) is 3.30. The van der Waals surface area contributed by atoms with E-state index in [0.717, 1.165) is 43.2 Å². The van der Waals surface area contributed by atoms with Gasteiger partial charge in [0.25, 0.3) is 0 Å². The molecule has 0 saturated carbocycles. The molecule has 0 saturated heterocycles. The van der Waals surface area contributed by atoms with Crippen molar-refractivity contribution in [1.82, 2.24) is 15.1 Å². The molecule has 0 amide bonds. The lowest BCUT2D eigenvalue weighted by molar-refractivity contribution is 0.481. The number of aromatic nitrogens is 2. The van der Waals surface area contributed by atoms with E-state index in [1.165, 1.54) is 12.1 Å². The average Bonchev–Trinajstić information content (AvgIpc) is 2.66. The van der Waals surface area contributed by atoms with E-state index < -0.39 is 0 Å². The van der Waals surface area contributed by atoms with Crippen molar-refractivity contribution in [2.45, 2.75) is 53.5 Å². The van der Waals surface area contributed by atoms with E-state index in [0.29, 0.717) is 5.92 Å². The van der Waals surface area contributed by atoms with Crippen molar-refractivity contribution >= 4 is 11.6 Å². The lowest BCUT2D eigenvalue weighted by atomic mass is 10.0. The Hall–Kier alpha value is -0.540. The van der Waals surface area contributed by atoms with Gasteiger partial charge < -0.3 is 5.32 Å². The monoisotopic (exact) mass is 271 g/mol. The summed E-state index contributed by atoms with van der Waals surface area (Å²) in [6, 6.07) is 0. The van der Waals surface area contributed by atoms with Gasteiger partial charge in [0.2, 0.25) is 0 Å². The van der Waals surface area contributed by atoms with Crippen LogP contribution in [0.1, 0.15) is 45.5 Å². The van der Waals surface area contributed by atoms with Gasteiger partial charge in [0.15, 0.2) is 0 Å². The number of nitrogens with one attached hydrogen (secondary N) is 1. The average molecular weight is 272 g/mol. The molecule has 1 rings (SSSR count). The molecule has 104 valence electrons. The molecule has 1 heterocycles. The number of aryl methyl sites for hydroxylation is 2. The van der Waals surface area contributed by atoms with Crippen LogP contribution in [0.15, 0.2) is 0 Å². The third-order valence-corrected chi connectivity index (χ3v) is 3.74. The number of nitrogens with zero attached hydrogens (tertiary/aromatic N) is 2. The molecule has 0 spiro atoms. The van der Waals surface area contributed by atoms with Gasteiger partial charge in [-0.1, -0.05) is 32.4 Å². The van der Waals surface area contributed by atoms with Crippen LogP contribution in [-0.2, 0) is 19.4 Å². The maximum absolute atomic E-state index is 6.41. The van der Waals surface area contributed by atoms with Crippen molar-refractivity contribution in [3.05, 3.63) is 16.4 Å². The Labute approximate surface area is 116 Å². The smallest absolute Gasteiger partial charge is 0.0849 e. The van der Waals surface area contributed by atoms with Crippen LogP contribution in [0.25, 0.3) is 0 Å². The Balaban J connectivity index is 2.67. The highest BCUT2D eigenvalue weighted by Crippen LogP contribution is 2.24. The summed E-state index contributed by atoms with van der Waals surface area (Å²) >= 11 is 6.41. The molecule has 1 aromatic rings. The molecular formula is C14H26ClN3. The highest BCUT2D eigenvalue weighted by Gasteiger charge is 2.16. The molecule has 1 aromatic heterocycles. The van der Waals surface area contributed by atoms with Crippen LogP contribution >= 0.6 is 11.6 Å². The Morgan fingerprint density at radius 3 is 2.61 bits per heavy atom. The second-order valence-electron chi connectivity index (χ2n) is 4.83. The zero-order valence-corrected chi connectivity index (χ0v) is 12.8. The van der Waals surface area contributed by atoms with Gasteiger partial charge in [-0.05, 0) is 45.2 Å². The fourth-order valence-corrected chi connectivity index (χ4v) is 2.52. The van der Waals surface area contributed by atoms with Gasteiger partial charge in [0.05, 0.1) is 16.4 Å². The van der Waals surface area contributed by atoms with Crippen LogP contribution in [0.3, 0.4) is 0 Å². The van der Waals surface area contributed by atoms with Crippen LogP contribution in [0.4, 0.5) is 0 Å². The van der Waals surface area contributed by atoms with Gasteiger partial charge in [0, 0.05) is 6.54 Å². The second kappa shape index (κ2) is 7.80. The third kappa shape index (κ3) is 3.99. The largest absolute Gasteiger partial charge is 0.317 e. The molecule has 1 unspecified atom stereocenters. The minimum atomic E-state index is 0.633. The number of halogens is 1. The molecule has 0 aliphatic rings. The molecule has 4 heteroatoms. The molecule has 0 aliphatic heterocycles. The van der Waals surface area contributed by atoms with E-state index in [9.17, 15) is 0 Å². The summed E-state index contributed by atoms with van der Waals surface area (Å²) in [5.74, 6) is 0.633. The maximum atomic E-state index is 6.41. The van der Waals surface area contributed by atoms with Gasteiger partial charge in [0.1, 0.15) is 0 Å². The van der Waals surface area contributed by atoms with Crippen molar-refractivity contribution in [1.29, 1.82) is 0 Å². The van der Waals surface area contributed by atoms with Crippen molar-refractivity contribution in [3.63, 3.8) is 0 Å². The van der Waals surface area contributed by atoms with Crippen molar-refractivity contribution in [2.24, 2.45) is 5.92 Å². The summed E-state index contributed by atoms with van der Waals surface area (Å²) in [7, 11) is 0. The highest BCUT2D eigenvalue weighted by molar-refractivity contribution is 6.31. The first kappa shape index (κ1) is 15.5. The summed E-state index contributed by atoms with van der Waals surface area (Å²) in [5.41, 5.74) is 2.24. The molecule has 1 N–H and O–H groups in total. The van der Waals surface area contributed by atoms with E-state index in [2.05, 4.69) is 42.8 Å². The van der Waals surface area contributed by atoms with Crippen molar-refractivity contribution in [2.75, 3.05) is 13.1 Å². The van der Waals surface area contributed by atoms with Crippen molar-refractivity contribution < 1.29 is 0 Å². The SMILES string of the molecule is CCNCCC(C)Cc1c(Cl)c(CC)nn1CC. The molecule has 3 nitrogen and oxygen atoms in total. The number of hydrogen-bond acceptors (Lipinski definition) is 2. The highest BCUT2D eigenvalue weighted by atomic mass is 35.5. The lowest BCUT2D eigenvalue weighted by Gasteiger charge is -2.13. The quantitative estimate of drug-likeness (QED) is 0.736. The summed E-state index contributed by atoms with van der Waals surface area (Å²) in [6.07, 6.45) is 3.11. The van der Waals surface area contributed by atoms with Gasteiger partial charge >= 0.3 is 0 Å². The van der Waals surface area contributed by atoms with Gasteiger partial charge in [-0.15, -0.1) is 0 Å². The molecule has 0 fully saturated rings. The summed E-state index contributed by atoms with van der Waals surface area (Å²) in [6.45, 7) is 11.7. The zero-order valence-electron chi connectivity index (χ0n) is 12.1. The fraction of sp³-hybridized carbons (Fsp3) is 0.786. The number of hydrogen-bond donors (Lipinski definition) is 1. The van der Waals surface area contributed by atoms with E-state index in [1.54, 1.807) is 0 Å². The first-order valence-electron chi connectivity index (χ1n) is 7.08. The van der Waals surface area contributed by atoms with Crippen LogP contribution < -0.4 is 5.32 Å². The van der Waals surface area contributed by atoms with Crippen LogP contribution in [0.5, 0.6) is 0 Å². The number of rotatable bonds is 8. The fourth-order valence-electron chi connectivity index (χ4n) is 2.17. The predicted molar refractivity (Wildman–Crippen MR) is 78.3 cm³/mol. The van der Waals surface area contributed by atoms with E-state index in [4.69, 9.17) is 11.6 Å². The lowest BCUT2D eigenvalue weighted by Crippen LogP contribution is -2.18. The molecule has 0 aromatic carbocycles. The Morgan fingerprint density at radius 1 is 1.33 bits per heavy atom. The van der Waals surface area contributed by atoms with E-state index in [-0.39, 0.29) is 0 Å². The second-order valence-corrected chi connectivity index (χ2v) is 5.21. The van der Waals surface area contributed by atoms with Crippen LogP contribution in [0.2, 0.25) is 5.02 Å². The minimum absolute atomic E-state index is 0.633. The summed E-state index contributed by atoms with van der Waals surface area (Å²) in [4.78, 5) is 0. The summed E-state index contributed by atoms with van der Waals surface area (Å²) < 4.78 is 2.06. The Morgan fingerprint density at radius 2 is 2.06 bits per heavy atom. The van der Waals surface area contributed by atoms with Crippen molar-refractivity contribution in [3.8, 4) is 0 Å². The standard InChI is InChI=1S/C14H26ClN3/c1-5-12-14(15)13(18(7-3)17-12)10-11(4)8-9-16-6-2/h11,16H,5-10H2,1-4H3. The van der Waals surface area contributed by atoms with E-state index in [1.807, 2.05) is 0 Å². The Kier molecular flexibility index (Phi) is 6.72. The molecule has 0 bridgehead atoms. The summed E-state index contributed by atoms with van der Waals surface area (Å²) in [5, 5.41) is 8.82. The predicted octanol–water partition coefficient (Wildman–Crippen LogP) is 3.30. The molecule has 0 radical (unpaired) electrons. The van der Waals surface area contributed by atoms with Gasteiger partial charge in [-0.3, -0.25) is 4.68 Å².